The molecule has 0 amide bonds. The summed E-state index contributed by atoms with van der Waals surface area (Å²) in [5.74, 6) is 0.757. The third-order valence-electron chi connectivity index (χ3n) is 2.91. The Morgan fingerprint density at radius 2 is 1.69 bits per heavy atom. The van der Waals surface area contributed by atoms with Crippen molar-refractivity contribution in [3.63, 3.8) is 0 Å². The smallest absolute Gasteiger partial charge is 0.0110 e. The van der Waals surface area contributed by atoms with E-state index in [1.54, 1.807) is 0 Å². The topological polar surface area (TPSA) is 15.3 Å². The van der Waals surface area contributed by atoms with Gasteiger partial charge in [-0.2, -0.15) is 0 Å². The second kappa shape index (κ2) is 10.1. The van der Waals surface area contributed by atoms with Crippen molar-refractivity contribution in [2.75, 3.05) is 26.2 Å². The first kappa shape index (κ1) is 15.9. The van der Waals surface area contributed by atoms with Crippen molar-refractivity contribution in [2.45, 2.75) is 59.9 Å². The Labute approximate surface area is 103 Å². The third kappa shape index (κ3) is 9.17. The van der Waals surface area contributed by atoms with E-state index in [-0.39, 0.29) is 0 Å². The molecule has 0 rings (SSSR count). The highest BCUT2D eigenvalue weighted by Crippen LogP contribution is 2.02. The minimum Gasteiger partial charge on any atom is -0.315 e. The number of nitrogens with one attached hydrogen (secondary N) is 1. The Balaban J connectivity index is 3.60. The SMILES string of the molecule is CCCCCN(CCNCC(C)C)C(C)C. The summed E-state index contributed by atoms with van der Waals surface area (Å²) in [6, 6.07) is 0.678. The molecule has 0 fully saturated rings. The lowest BCUT2D eigenvalue weighted by molar-refractivity contribution is 0.217. The van der Waals surface area contributed by atoms with Crippen LogP contribution >= 0.6 is 0 Å². The average Bonchev–Trinajstić information content (AvgIpc) is 2.21. The first-order valence-electron chi connectivity index (χ1n) is 7.02. The molecule has 0 aromatic carbocycles. The maximum Gasteiger partial charge on any atom is 0.0110 e. The van der Waals surface area contributed by atoms with E-state index in [9.17, 15) is 0 Å². The van der Waals surface area contributed by atoms with Gasteiger partial charge in [0.25, 0.3) is 0 Å². The Morgan fingerprint density at radius 3 is 2.19 bits per heavy atom. The Kier molecular flexibility index (Phi) is 10.0. The summed E-state index contributed by atoms with van der Waals surface area (Å²) in [5.41, 5.74) is 0. The highest BCUT2D eigenvalue weighted by atomic mass is 15.2. The van der Waals surface area contributed by atoms with E-state index in [0.29, 0.717) is 6.04 Å². The van der Waals surface area contributed by atoms with Crippen LogP contribution in [0.4, 0.5) is 0 Å². The largest absolute Gasteiger partial charge is 0.315 e. The molecule has 0 aromatic heterocycles. The van der Waals surface area contributed by atoms with Crippen molar-refractivity contribution in [3.8, 4) is 0 Å². The zero-order chi connectivity index (χ0) is 12.4. The maximum absolute atomic E-state index is 3.52. The lowest BCUT2D eigenvalue weighted by Crippen LogP contribution is -2.38. The Hall–Kier alpha value is -0.0800. The predicted octanol–water partition coefficient (Wildman–Crippen LogP) is 3.13. The highest BCUT2D eigenvalue weighted by molar-refractivity contribution is 4.64. The van der Waals surface area contributed by atoms with Gasteiger partial charge in [-0.15, -0.1) is 0 Å². The van der Waals surface area contributed by atoms with Crippen LogP contribution in [0.15, 0.2) is 0 Å². The second-order valence-electron chi connectivity index (χ2n) is 5.43. The number of nitrogens with zero attached hydrogens (tertiary/aromatic N) is 1. The molecule has 0 aromatic rings. The van der Waals surface area contributed by atoms with Crippen molar-refractivity contribution in [3.05, 3.63) is 0 Å². The molecule has 0 unspecified atom stereocenters. The van der Waals surface area contributed by atoms with Crippen LogP contribution in [0.25, 0.3) is 0 Å². The standard InChI is InChI=1S/C14H32N2/c1-6-7-8-10-16(14(4)5)11-9-15-12-13(2)3/h13-15H,6-12H2,1-5H3. The molecule has 0 heterocycles. The molecule has 0 aliphatic carbocycles. The fraction of sp³-hybridized carbons (Fsp3) is 1.00. The van der Waals surface area contributed by atoms with Gasteiger partial charge in [0.1, 0.15) is 0 Å². The number of hydrogen-bond acceptors (Lipinski definition) is 2. The van der Waals surface area contributed by atoms with Crippen molar-refractivity contribution >= 4 is 0 Å². The minimum atomic E-state index is 0.678. The number of unbranched alkanes of at least 4 members (excludes halogenated alkanes) is 2. The van der Waals surface area contributed by atoms with Crippen molar-refractivity contribution in [2.24, 2.45) is 5.92 Å². The summed E-state index contributed by atoms with van der Waals surface area (Å²) in [4.78, 5) is 2.59. The number of hydrogen-bond donors (Lipinski definition) is 1. The van der Waals surface area contributed by atoms with Crippen LogP contribution in [-0.2, 0) is 0 Å². The van der Waals surface area contributed by atoms with Gasteiger partial charge in [0.2, 0.25) is 0 Å². The van der Waals surface area contributed by atoms with Gasteiger partial charge in [-0.25, -0.2) is 0 Å². The molecule has 0 radical (unpaired) electrons. The summed E-state index contributed by atoms with van der Waals surface area (Å²) >= 11 is 0. The molecule has 0 aliphatic heterocycles. The lowest BCUT2D eigenvalue weighted by Gasteiger charge is -2.26. The summed E-state index contributed by atoms with van der Waals surface area (Å²) in [6.07, 6.45) is 4.03. The quantitative estimate of drug-likeness (QED) is 0.578. The van der Waals surface area contributed by atoms with E-state index >= 15 is 0 Å². The van der Waals surface area contributed by atoms with Gasteiger partial charge in [-0.05, 0) is 39.3 Å². The molecule has 16 heavy (non-hydrogen) atoms. The van der Waals surface area contributed by atoms with Gasteiger partial charge in [0.05, 0.1) is 0 Å². The van der Waals surface area contributed by atoms with Crippen molar-refractivity contribution < 1.29 is 0 Å². The normalized spacial score (nSPS) is 12.0. The molecule has 0 bridgehead atoms. The third-order valence-corrected chi connectivity index (χ3v) is 2.91. The van der Waals surface area contributed by atoms with Crippen LogP contribution in [0, 0.1) is 5.92 Å². The molecule has 0 aliphatic rings. The van der Waals surface area contributed by atoms with Gasteiger partial charge in [0.15, 0.2) is 0 Å². The molecule has 0 saturated heterocycles. The van der Waals surface area contributed by atoms with E-state index in [1.807, 2.05) is 0 Å². The summed E-state index contributed by atoms with van der Waals surface area (Å²) in [5, 5.41) is 3.52. The van der Waals surface area contributed by atoms with Gasteiger partial charge in [0, 0.05) is 19.1 Å². The minimum absolute atomic E-state index is 0.678. The van der Waals surface area contributed by atoms with Gasteiger partial charge in [-0.3, -0.25) is 4.90 Å². The molecule has 0 saturated carbocycles. The first-order chi connectivity index (χ1) is 7.57. The number of rotatable bonds is 10. The van der Waals surface area contributed by atoms with Crippen molar-refractivity contribution in [1.82, 2.24) is 10.2 Å². The van der Waals surface area contributed by atoms with Crippen LogP contribution in [0.3, 0.4) is 0 Å². The fourth-order valence-electron chi connectivity index (χ4n) is 1.81. The lowest BCUT2D eigenvalue weighted by atomic mass is 10.2. The molecular weight excluding hydrogens is 196 g/mol. The predicted molar refractivity (Wildman–Crippen MR) is 73.9 cm³/mol. The second-order valence-corrected chi connectivity index (χ2v) is 5.43. The van der Waals surface area contributed by atoms with Gasteiger partial charge >= 0.3 is 0 Å². The summed E-state index contributed by atoms with van der Waals surface area (Å²) < 4.78 is 0. The molecular formula is C14H32N2. The van der Waals surface area contributed by atoms with Gasteiger partial charge < -0.3 is 5.32 Å². The van der Waals surface area contributed by atoms with Crippen LogP contribution < -0.4 is 5.32 Å². The molecule has 0 atom stereocenters. The zero-order valence-electron chi connectivity index (χ0n) is 12.1. The summed E-state index contributed by atoms with van der Waals surface area (Å²) in [6.45, 7) is 16.1. The monoisotopic (exact) mass is 228 g/mol. The van der Waals surface area contributed by atoms with Crippen LogP contribution in [0.5, 0.6) is 0 Å². The maximum atomic E-state index is 3.52. The Bertz CT molecular complexity index is 144. The van der Waals surface area contributed by atoms with Crippen molar-refractivity contribution in [1.29, 1.82) is 0 Å². The average molecular weight is 228 g/mol. The van der Waals surface area contributed by atoms with Crippen LogP contribution in [-0.4, -0.2) is 37.1 Å². The Morgan fingerprint density at radius 1 is 1.00 bits per heavy atom. The van der Waals surface area contributed by atoms with Gasteiger partial charge in [-0.1, -0.05) is 33.6 Å². The van der Waals surface area contributed by atoms with Crippen LogP contribution in [0.2, 0.25) is 0 Å². The highest BCUT2D eigenvalue weighted by Gasteiger charge is 2.07. The van der Waals surface area contributed by atoms with E-state index in [1.165, 1.54) is 32.4 Å². The molecule has 1 N–H and O–H groups in total. The molecule has 0 spiro atoms. The molecule has 98 valence electrons. The fourth-order valence-corrected chi connectivity index (χ4v) is 1.81. The first-order valence-corrected chi connectivity index (χ1v) is 7.02. The molecule has 2 heteroatoms. The van der Waals surface area contributed by atoms with Crippen LogP contribution in [0.1, 0.15) is 53.9 Å². The van der Waals surface area contributed by atoms with E-state index in [2.05, 4.69) is 44.8 Å². The summed E-state index contributed by atoms with van der Waals surface area (Å²) in [7, 11) is 0. The van der Waals surface area contributed by atoms with E-state index in [0.717, 1.165) is 19.0 Å². The van der Waals surface area contributed by atoms with E-state index in [4.69, 9.17) is 0 Å². The zero-order valence-corrected chi connectivity index (χ0v) is 12.1. The van der Waals surface area contributed by atoms with E-state index < -0.39 is 0 Å². The molecule has 2 nitrogen and oxygen atoms in total.